The second-order valence-corrected chi connectivity index (χ2v) is 7.68. The molecule has 1 fully saturated rings. The van der Waals surface area contributed by atoms with E-state index in [4.69, 9.17) is 5.10 Å². The van der Waals surface area contributed by atoms with Crippen molar-refractivity contribution in [2.45, 2.75) is 32.2 Å². The SMILES string of the molecule is Cc1cccc2[nH]c(C(=O)NCCn3cc(-c4ccncc4)c(C4CC4)n3)cc12. The monoisotopic (exact) mass is 385 g/mol. The van der Waals surface area contributed by atoms with Crippen molar-refractivity contribution in [2.24, 2.45) is 0 Å². The minimum Gasteiger partial charge on any atom is -0.351 e. The van der Waals surface area contributed by atoms with Crippen molar-refractivity contribution in [3.8, 4) is 11.1 Å². The van der Waals surface area contributed by atoms with Crippen molar-refractivity contribution in [1.82, 2.24) is 25.1 Å². The summed E-state index contributed by atoms with van der Waals surface area (Å²) >= 11 is 0. The molecule has 29 heavy (non-hydrogen) atoms. The van der Waals surface area contributed by atoms with Crippen molar-refractivity contribution in [2.75, 3.05) is 6.54 Å². The van der Waals surface area contributed by atoms with Gasteiger partial charge in [-0.2, -0.15) is 5.10 Å². The number of aromatic nitrogens is 4. The van der Waals surface area contributed by atoms with Crippen LogP contribution in [0.3, 0.4) is 0 Å². The Hall–Kier alpha value is -3.41. The Morgan fingerprint density at radius 2 is 2.07 bits per heavy atom. The molecule has 6 nitrogen and oxygen atoms in total. The van der Waals surface area contributed by atoms with Crippen molar-refractivity contribution >= 4 is 16.8 Å². The van der Waals surface area contributed by atoms with E-state index in [0.717, 1.165) is 27.7 Å². The van der Waals surface area contributed by atoms with E-state index >= 15 is 0 Å². The molecule has 0 spiro atoms. The summed E-state index contributed by atoms with van der Waals surface area (Å²) in [5, 5.41) is 8.89. The first-order valence-corrected chi connectivity index (χ1v) is 10.0. The van der Waals surface area contributed by atoms with Gasteiger partial charge in [0.1, 0.15) is 5.69 Å². The average Bonchev–Trinajstić information content (AvgIpc) is 3.33. The average molecular weight is 385 g/mol. The second kappa shape index (κ2) is 7.20. The standard InChI is InChI=1S/C23H23N5O/c1-15-3-2-4-20-18(15)13-21(26-20)23(29)25-11-12-28-14-19(16-7-9-24-10-8-16)22(27-28)17-5-6-17/h2-4,7-10,13-14,17,26H,5-6,11-12H2,1H3,(H,25,29). The molecule has 3 aromatic heterocycles. The molecule has 1 aliphatic carbocycles. The van der Waals surface area contributed by atoms with Crippen LogP contribution < -0.4 is 5.32 Å². The summed E-state index contributed by atoms with van der Waals surface area (Å²) in [5.41, 5.74) is 6.21. The zero-order valence-corrected chi connectivity index (χ0v) is 16.4. The van der Waals surface area contributed by atoms with E-state index in [9.17, 15) is 4.79 Å². The molecule has 1 aromatic carbocycles. The number of carbonyl (C=O) groups is 1. The first-order valence-electron chi connectivity index (χ1n) is 10.0. The van der Waals surface area contributed by atoms with Gasteiger partial charge in [-0.05, 0) is 55.2 Å². The van der Waals surface area contributed by atoms with Crippen LogP contribution in [0.15, 0.2) is 55.0 Å². The zero-order valence-electron chi connectivity index (χ0n) is 16.4. The van der Waals surface area contributed by atoms with Gasteiger partial charge in [-0.1, -0.05) is 12.1 Å². The maximum absolute atomic E-state index is 12.5. The Balaban J connectivity index is 1.28. The number of amides is 1. The molecule has 2 N–H and O–H groups in total. The predicted octanol–water partition coefficient (Wildman–Crippen LogP) is 4.04. The first kappa shape index (κ1) is 17.7. The first-order chi connectivity index (χ1) is 14.2. The Morgan fingerprint density at radius 3 is 2.83 bits per heavy atom. The normalized spacial score (nSPS) is 13.7. The number of aromatic amines is 1. The fourth-order valence-electron chi connectivity index (χ4n) is 3.77. The van der Waals surface area contributed by atoms with Gasteiger partial charge in [-0.3, -0.25) is 14.5 Å². The summed E-state index contributed by atoms with van der Waals surface area (Å²) < 4.78 is 1.94. The van der Waals surface area contributed by atoms with Crippen LogP contribution in [-0.4, -0.2) is 32.2 Å². The summed E-state index contributed by atoms with van der Waals surface area (Å²) in [6.45, 7) is 3.21. The topological polar surface area (TPSA) is 75.6 Å². The molecule has 1 amide bonds. The lowest BCUT2D eigenvalue weighted by Crippen LogP contribution is -2.27. The summed E-state index contributed by atoms with van der Waals surface area (Å²) in [6, 6.07) is 12.0. The molecular formula is C23H23N5O. The van der Waals surface area contributed by atoms with Crippen LogP contribution in [0.25, 0.3) is 22.0 Å². The number of hydrogen-bond donors (Lipinski definition) is 2. The van der Waals surface area contributed by atoms with Gasteiger partial charge in [0.2, 0.25) is 0 Å². The summed E-state index contributed by atoms with van der Waals surface area (Å²) in [7, 11) is 0. The molecule has 0 atom stereocenters. The van der Waals surface area contributed by atoms with Gasteiger partial charge in [0, 0.05) is 47.5 Å². The third-order valence-corrected chi connectivity index (χ3v) is 5.50. The number of hydrogen-bond acceptors (Lipinski definition) is 3. The molecule has 5 rings (SSSR count). The zero-order chi connectivity index (χ0) is 19.8. The van der Waals surface area contributed by atoms with Gasteiger partial charge in [0.15, 0.2) is 0 Å². The van der Waals surface area contributed by atoms with Crippen LogP contribution >= 0.6 is 0 Å². The van der Waals surface area contributed by atoms with E-state index in [-0.39, 0.29) is 5.91 Å². The molecule has 0 bridgehead atoms. The molecule has 3 heterocycles. The van der Waals surface area contributed by atoms with E-state index in [2.05, 4.69) is 21.5 Å². The van der Waals surface area contributed by atoms with Crippen molar-refractivity contribution < 1.29 is 4.79 Å². The predicted molar refractivity (Wildman–Crippen MR) is 113 cm³/mol. The van der Waals surface area contributed by atoms with Crippen LogP contribution in [0.5, 0.6) is 0 Å². The van der Waals surface area contributed by atoms with Gasteiger partial charge in [0.25, 0.3) is 5.91 Å². The highest BCUT2D eigenvalue weighted by Crippen LogP contribution is 2.43. The Labute approximate surface area is 169 Å². The number of pyridine rings is 1. The Bertz CT molecular complexity index is 1170. The largest absolute Gasteiger partial charge is 0.351 e. The van der Waals surface area contributed by atoms with Crippen molar-refractivity contribution in [3.05, 3.63) is 71.9 Å². The number of rotatable bonds is 6. The van der Waals surface area contributed by atoms with Gasteiger partial charge in [0.05, 0.1) is 12.2 Å². The Kier molecular flexibility index (Phi) is 4.39. The quantitative estimate of drug-likeness (QED) is 0.526. The van der Waals surface area contributed by atoms with Gasteiger partial charge in [-0.15, -0.1) is 0 Å². The lowest BCUT2D eigenvalue weighted by Gasteiger charge is -2.04. The lowest BCUT2D eigenvalue weighted by atomic mass is 10.1. The van der Waals surface area contributed by atoms with Gasteiger partial charge >= 0.3 is 0 Å². The smallest absolute Gasteiger partial charge is 0.267 e. The van der Waals surface area contributed by atoms with E-state index in [1.807, 2.05) is 60.4 Å². The van der Waals surface area contributed by atoms with E-state index < -0.39 is 0 Å². The molecule has 4 aromatic rings. The molecule has 1 saturated carbocycles. The number of aryl methyl sites for hydroxylation is 1. The number of nitrogens with zero attached hydrogens (tertiary/aromatic N) is 3. The minimum atomic E-state index is -0.0930. The van der Waals surface area contributed by atoms with Crippen LogP contribution in [0, 0.1) is 6.92 Å². The molecule has 1 aliphatic rings. The number of fused-ring (bicyclic) bond motifs is 1. The molecule has 0 aliphatic heterocycles. The third-order valence-electron chi connectivity index (χ3n) is 5.50. The number of H-pyrrole nitrogens is 1. The summed E-state index contributed by atoms with van der Waals surface area (Å²) in [4.78, 5) is 19.9. The molecule has 6 heteroatoms. The highest BCUT2D eigenvalue weighted by Gasteiger charge is 2.29. The second-order valence-electron chi connectivity index (χ2n) is 7.68. The number of benzene rings is 1. The van der Waals surface area contributed by atoms with Crippen molar-refractivity contribution in [1.29, 1.82) is 0 Å². The van der Waals surface area contributed by atoms with E-state index in [1.165, 1.54) is 18.4 Å². The Morgan fingerprint density at radius 1 is 1.24 bits per heavy atom. The maximum Gasteiger partial charge on any atom is 0.267 e. The van der Waals surface area contributed by atoms with Crippen molar-refractivity contribution in [3.63, 3.8) is 0 Å². The molecule has 146 valence electrons. The molecule has 0 unspecified atom stereocenters. The molecular weight excluding hydrogens is 362 g/mol. The van der Waals surface area contributed by atoms with Gasteiger partial charge in [-0.25, -0.2) is 0 Å². The fraction of sp³-hybridized carbons (Fsp3) is 0.261. The number of nitrogens with one attached hydrogen (secondary N) is 2. The highest BCUT2D eigenvalue weighted by molar-refractivity contribution is 5.98. The summed E-state index contributed by atoms with van der Waals surface area (Å²) in [5.74, 6) is 0.466. The highest BCUT2D eigenvalue weighted by atomic mass is 16.1. The number of carbonyl (C=O) groups excluding carboxylic acids is 1. The molecule has 0 radical (unpaired) electrons. The maximum atomic E-state index is 12.5. The van der Waals surface area contributed by atoms with E-state index in [0.29, 0.717) is 24.7 Å². The minimum absolute atomic E-state index is 0.0930. The van der Waals surface area contributed by atoms with E-state index in [1.54, 1.807) is 0 Å². The van der Waals surface area contributed by atoms with Gasteiger partial charge < -0.3 is 10.3 Å². The van der Waals surface area contributed by atoms with Crippen LogP contribution in [0.1, 0.15) is 40.5 Å². The van der Waals surface area contributed by atoms with Crippen LogP contribution in [0.4, 0.5) is 0 Å². The molecule has 0 saturated heterocycles. The van der Waals surface area contributed by atoms with Crippen LogP contribution in [-0.2, 0) is 6.54 Å². The lowest BCUT2D eigenvalue weighted by molar-refractivity contribution is 0.0948. The fourth-order valence-corrected chi connectivity index (χ4v) is 3.77. The van der Waals surface area contributed by atoms with Crippen LogP contribution in [0.2, 0.25) is 0 Å². The third kappa shape index (κ3) is 3.53. The summed E-state index contributed by atoms with van der Waals surface area (Å²) in [6.07, 6.45) is 8.11.